The van der Waals surface area contributed by atoms with Gasteiger partial charge in [0, 0.05) is 12.3 Å². The third-order valence-electron chi connectivity index (χ3n) is 2.92. The summed E-state index contributed by atoms with van der Waals surface area (Å²) in [5.74, 6) is 0.0903. The third kappa shape index (κ3) is 1.69. The Kier molecular flexibility index (Phi) is 2.57. The molecular formula is C10H18O2. The first kappa shape index (κ1) is 9.72. The average molecular weight is 170 g/mol. The number of Topliss-reactive ketones (excluding diaryl/α,β-unsaturated/α-hetero) is 1. The molecule has 12 heavy (non-hydrogen) atoms. The van der Waals surface area contributed by atoms with Gasteiger partial charge in [0.25, 0.3) is 0 Å². The summed E-state index contributed by atoms with van der Waals surface area (Å²) in [6.45, 7) is 5.86. The molecule has 2 nitrogen and oxygen atoms in total. The van der Waals surface area contributed by atoms with Gasteiger partial charge in [-0.05, 0) is 25.2 Å². The van der Waals surface area contributed by atoms with Crippen LogP contribution in [0.1, 0.15) is 40.0 Å². The summed E-state index contributed by atoms with van der Waals surface area (Å²) >= 11 is 0. The van der Waals surface area contributed by atoms with Crippen molar-refractivity contribution in [2.45, 2.75) is 46.1 Å². The highest BCUT2D eigenvalue weighted by molar-refractivity contribution is 5.83. The van der Waals surface area contributed by atoms with E-state index in [-0.39, 0.29) is 17.1 Å². The molecule has 70 valence electrons. The fourth-order valence-corrected chi connectivity index (χ4v) is 2.39. The summed E-state index contributed by atoms with van der Waals surface area (Å²) < 4.78 is 0. The lowest BCUT2D eigenvalue weighted by atomic mass is 9.66. The second-order valence-electron chi connectivity index (χ2n) is 4.53. The van der Waals surface area contributed by atoms with Crippen LogP contribution in [0.25, 0.3) is 0 Å². The predicted octanol–water partition coefficient (Wildman–Crippen LogP) is 1.76. The predicted molar refractivity (Wildman–Crippen MR) is 47.8 cm³/mol. The van der Waals surface area contributed by atoms with Crippen LogP contribution in [0.5, 0.6) is 0 Å². The lowest BCUT2D eigenvalue weighted by Crippen LogP contribution is -2.41. The summed E-state index contributed by atoms with van der Waals surface area (Å²) in [6, 6.07) is 0. The van der Waals surface area contributed by atoms with Crippen LogP contribution in [0.15, 0.2) is 0 Å². The monoisotopic (exact) mass is 170 g/mol. The molecule has 2 unspecified atom stereocenters. The third-order valence-corrected chi connectivity index (χ3v) is 2.92. The molecule has 0 saturated heterocycles. The molecule has 0 spiro atoms. The topological polar surface area (TPSA) is 37.3 Å². The SMILES string of the molecule is CC(O)C1C(=O)CCCC1(C)C. The molecule has 0 aromatic carbocycles. The first-order valence-corrected chi connectivity index (χ1v) is 4.66. The zero-order chi connectivity index (χ0) is 9.35. The molecule has 0 heterocycles. The zero-order valence-corrected chi connectivity index (χ0v) is 8.13. The Morgan fingerprint density at radius 2 is 2.17 bits per heavy atom. The molecule has 1 aliphatic rings. The van der Waals surface area contributed by atoms with Crippen LogP contribution < -0.4 is 0 Å². The standard InChI is InChI=1S/C10H18O2/c1-7(11)9-8(12)5-4-6-10(9,2)3/h7,9,11H,4-6H2,1-3H3. The molecule has 1 fully saturated rings. The van der Waals surface area contributed by atoms with Crippen LogP contribution in [-0.2, 0) is 4.79 Å². The lowest BCUT2D eigenvalue weighted by molar-refractivity contribution is -0.134. The quantitative estimate of drug-likeness (QED) is 0.651. The smallest absolute Gasteiger partial charge is 0.139 e. The Bertz CT molecular complexity index is 182. The fourth-order valence-electron chi connectivity index (χ4n) is 2.39. The van der Waals surface area contributed by atoms with E-state index in [0.717, 1.165) is 12.8 Å². The van der Waals surface area contributed by atoms with Crippen molar-refractivity contribution in [3.63, 3.8) is 0 Å². The van der Waals surface area contributed by atoms with E-state index >= 15 is 0 Å². The molecule has 1 rings (SSSR count). The number of aliphatic hydroxyl groups is 1. The van der Waals surface area contributed by atoms with Crippen LogP contribution in [0.4, 0.5) is 0 Å². The molecule has 1 aliphatic carbocycles. The van der Waals surface area contributed by atoms with Crippen molar-refractivity contribution >= 4 is 5.78 Å². The highest BCUT2D eigenvalue weighted by atomic mass is 16.3. The van der Waals surface area contributed by atoms with Gasteiger partial charge in [0.2, 0.25) is 0 Å². The largest absolute Gasteiger partial charge is 0.393 e. The van der Waals surface area contributed by atoms with Crippen molar-refractivity contribution in [1.29, 1.82) is 0 Å². The Hall–Kier alpha value is -0.370. The van der Waals surface area contributed by atoms with Gasteiger partial charge in [-0.2, -0.15) is 0 Å². The van der Waals surface area contributed by atoms with E-state index in [1.54, 1.807) is 6.92 Å². The van der Waals surface area contributed by atoms with Crippen LogP contribution in [0.3, 0.4) is 0 Å². The van der Waals surface area contributed by atoms with Crippen LogP contribution >= 0.6 is 0 Å². The van der Waals surface area contributed by atoms with Gasteiger partial charge in [-0.1, -0.05) is 13.8 Å². The number of rotatable bonds is 1. The van der Waals surface area contributed by atoms with E-state index in [9.17, 15) is 9.90 Å². The summed E-state index contributed by atoms with van der Waals surface area (Å²) in [5, 5.41) is 9.46. The molecule has 0 bridgehead atoms. The van der Waals surface area contributed by atoms with E-state index in [2.05, 4.69) is 13.8 Å². The number of aliphatic hydroxyl groups excluding tert-OH is 1. The summed E-state index contributed by atoms with van der Waals surface area (Å²) in [6.07, 6.45) is 2.19. The van der Waals surface area contributed by atoms with Gasteiger partial charge in [-0.15, -0.1) is 0 Å². The highest BCUT2D eigenvalue weighted by Crippen LogP contribution is 2.40. The van der Waals surface area contributed by atoms with Crippen molar-refractivity contribution in [2.75, 3.05) is 0 Å². The molecule has 0 aliphatic heterocycles. The molecular weight excluding hydrogens is 152 g/mol. The van der Waals surface area contributed by atoms with Crippen molar-refractivity contribution < 1.29 is 9.90 Å². The second kappa shape index (κ2) is 3.17. The Morgan fingerprint density at radius 1 is 1.58 bits per heavy atom. The molecule has 1 saturated carbocycles. The average Bonchev–Trinajstić information content (AvgIpc) is 1.82. The van der Waals surface area contributed by atoms with Gasteiger partial charge in [-0.3, -0.25) is 4.79 Å². The Balaban J connectivity index is 2.81. The summed E-state index contributed by atoms with van der Waals surface area (Å²) in [7, 11) is 0. The molecule has 0 aromatic rings. The molecule has 1 N–H and O–H groups in total. The first-order valence-electron chi connectivity index (χ1n) is 4.66. The fraction of sp³-hybridized carbons (Fsp3) is 0.900. The molecule has 2 atom stereocenters. The van der Waals surface area contributed by atoms with Gasteiger partial charge < -0.3 is 5.11 Å². The minimum Gasteiger partial charge on any atom is -0.393 e. The van der Waals surface area contributed by atoms with Gasteiger partial charge in [0.05, 0.1) is 6.10 Å². The number of ketones is 1. The van der Waals surface area contributed by atoms with Crippen molar-refractivity contribution in [1.82, 2.24) is 0 Å². The van der Waals surface area contributed by atoms with E-state index in [1.165, 1.54) is 0 Å². The van der Waals surface area contributed by atoms with E-state index in [0.29, 0.717) is 6.42 Å². The van der Waals surface area contributed by atoms with Crippen LogP contribution in [0.2, 0.25) is 0 Å². The molecule has 2 heteroatoms. The number of carbonyl (C=O) groups excluding carboxylic acids is 1. The number of hydrogen-bond acceptors (Lipinski definition) is 2. The van der Waals surface area contributed by atoms with Gasteiger partial charge in [0.15, 0.2) is 0 Å². The zero-order valence-electron chi connectivity index (χ0n) is 8.13. The highest BCUT2D eigenvalue weighted by Gasteiger charge is 2.40. The minimum atomic E-state index is -0.493. The maximum Gasteiger partial charge on any atom is 0.139 e. The maximum atomic E-state index is 11.5. The van der Waals surface area contributed by atoms with Crippen molar-refractivity contribution in [3.8, 4) is 0 Å². The molecule has 0 amide bonds. The second-order valence-corrected chi connectivity index (χ2v) is 4.53. The van der Waals surface area contributed by atoms with Gasteiger partial charge >= 0.3 is 0 Å². The normalized spacial score (nSPS) is 31.7. The summed E-state index contributed by atoms with van der Waals surface area (Å²) in [5.41, 5.74) is -0.0104. The van der Waals surface area contributed by atoms with E-state index in [4.69, 9.17) is 0 Å². The Morgan fingerprint density at radius 3 is 2.50 bits per heavy atom. The van der Waals surface area contributed by atoms with Gasteiger partial charge in [-0.25, -0.2) is 0 Å². The molecule has 0 aromatic heterocycles. The van der Waals surface area contributed by atoms with Crippen LogP contribution in [-0.4, -0.2) is 17.0 Å². The number of carbonyl (C=O) groups is 1. The number of hydrogen-bond donors (Lipinski definition) is 1. The van der Waals surface area contributed by atoms with Crippen LogP contribution in [0, 0.1) is 11.3 Å². The lowest BCUT2D eigenvalue weighted by Gasteiger charge is -2.38. The van der Waals surface area contributed by atoms with E-state index in [1.807, 2.05) is 0 Å². The Labute approximate surface area is 74.0 Å². The minimum absolute atomic E-state index is 0.0104. The van der Waals surface area contributed by atoms with Gasteiger partial charge in [0.1, 0.15) is 5.78 Å². The van der Waals surface area contributed by atoms with Crippen molar-refractivity contribution in [2.24, 2.45) is 11.3 Å². The van der Waals surface area contributed by atoms with E-state index < -0.39 is 6.10 Å². The molecule has 0 radical (unpaired) electrons. The summed E-state index contributed by atoms with van der Waals surface area (Å²) in [4.78, 5) is 11.5. The maximum absolute atomic E-state index is 11.5. The van der Waals surface area contributed by atoms with Crippen molar-refractivity contribution in [3.05, 3.63) is 0 Å². The first-order chi connectivity index (χ1) is 5.45.